The van der Waals surface area contributed by atoms with Crippen LogP contribution in [-0.2, 0) is 17.3 Å². The van der Waals surface area contributed by atoms with E-state index in [9.17, 15) is 26.3 Å². The van der Waals surface area contributed by atoms with Crippen LogP contribution in [-0.4, -0.2) is 13.0 Å². The van der Waals surface area contributed by atoms with Gasteiger partial charge in [0.05, 0.1) is 11.7 Å². The molecular formula is C36H30F8O2. The smallest absolute Gasteiger partial charge is 0.386 e. The first-order chi connectivity index (χ1) is 22.0. The van der Waals surface area contributed by atoms with Crippen LogP contribution in [0.2, 0.25) is 0 Å². The molecular weight excluding hydrogens is 616 g/mol. The Morgan fingerprint density at radius 3 is 1.96 bits per heavy atom. The molecule has 242 valence electrons. The molecule has 0 radical (unpaired) electrons. The molecule has 5 rings (SSSR count). The number of allylic oxidation sites excluding steroid dienone is 1. The zero-order valence-electron chi connectivity index (χ0n) is 24.6. The van der Waals surface area contributed by atoms with Crippen LogP contribution >= 0.6 is 0 Å². The second kappa shape index (κ2) is 14.1. The minimum atomic E-state index is -3.81. The zero-order valence-corrected chi connectivity index (χ0v) is 24.6. The molecule has 0 saturated heterocycles. The van der Waals surface area contributed by atoms with Crippen LogP contribution in [0.3, 0.4) is 0 Å². The molecule has 4 aromatic rings. The summed E-state index contributed by atoms with van der Waals surface area (Å²) in [5, 5.41) is 0. The zero-order chi connectivity index (χ0) is 33.0. The molecule has 10 heteroatoms. The number of benzene rings is 4. The summed E-state index contributed by atoms with van der Waals surface area (Å²) in [6, 6.07) is 13.4. The number of alkyl halides is 3. The minimum Gasteiger partial charge on any atom is -0.457 e. The topological polar surface area (TPSA) is 18.5 Å². The maximum atomic E-state index is 15.3. The van der Waals surface area contributed by atoms with E-state index >= 15 is 8.78 Å². The third-order valence-electron chi connectivity index (χ3n) is 8.23. The van der Waals surface area contributed by atoms with E-state index in [-0.39, 0.29) is 41.0 Å². The highest BCUT2D eigenvalue weighted by atomic mass is 19.3. The van der Waals surface area contributed by atoms with Crippen LogP contribution in [0.5, 0.6) is 5.75 Å². The van der Waals surface area contributed by atoms with Crippen LogP contribution in [0.25, 0.3) is 22.3 Å². The monoisotopic (exact) mass is 646 g/mol. The lowest BCUT2D eigenvalue weighted by Crippen LogP contribution is -2.30. The van der Waals surface area contributed by atoms with Crippen molar-refractivity contribution < 1.29 is 44.6 Å². The van der Waals surface area contributed by atoms with Gasteiger partial charge in [-0.15, -0.1) is 6.58 Å². The Bertz CT molecular complexity index is 1690. The van der Waals surface area contributed by atoms with E-state index in [2.05, 4.69) is 11.3 Å². The van der Waals surface area contributed by atoms with Gasteiger partial charge in [-0.2, -0.15) is 8.78 Å². The summed E-state index contributed by atoms with van der Waals surface area (Å²) in [5.41, 5.74) is 0.376. The highest BCUT2D eigenvalue weighted by Crippen LogP contribution is 2.41. The maximum absolute atomic E-state index is 15.3. The Morgan fingerprint density at radius 1 is 0.717 bits per heavy atom. The maximum Gasteiger partial charge on any atom is 0.386 e. The molecule has 0 aromatic heterocycles. The molecule has 0 heterocycles. The van der Waals surface area contributed by atoms with Crippen molar-refractivity contribution in [1.82, 2.24) is 0 Å². The average molecular weight is 647 g/mol. The van der Waals surface area contributed by atoms with Crippen molar-refractivity contribution in [3.05, 3.63) is 125 Å². The lowest BCUT2D eigenvalue weighted by Gasteiger charge is -2.31. The second-order valence-corrected chi connectivity index (χ2v) is 11.2. The summed E-state index contributed by atoms with van der Waals surface area (Å²) in [6.45, 7) is 2.16. The molecule has 1 aliphatic rings. The first-order valence-electron chi connectivity index (χ1n) is 14.7. The number of hydrogen-bond donors (Lipinski definition) is 0. The summed E-state index contributed by atoms with van der Waals surface area (Å²) >= 11 is 0. The van der Waals surface area contributed by atoms with Gasteiger partial charge in [0.25, 0.3) is 0 Å². The lowest BCUT2D eigenvalue weighted by atomic mass is 9.82. The van der Waals surface area contributed by atoms with Gasteiger partial charge >= 0.3 is 6.11 Å². The Labute approximate surface area is 261 Å². The standard InChI is InChI=1S/C36H30F8O2/c1-2-3-4-21-5-14-29(32(40)15-21)36(43,44)46-26-10-6-22(7-11-26)23-8-12-27(30(38)16-23)24-9-13-28(31(39)17-24)25-18-33(41)35(45-20-37)34(42)19-25/h2,5,8-9,12-19,22,26H,1,3-4,6-7,10-11,20H2. The average Bonchev–Trinajstić information content (AvgIpc) is 3.01. The SMILES string of the molecule is C=CCCc1ccc(C(F)(F)OC2CCC(c3ccc(-c4ccc(-c5cc(F)c(OCF)c(F)c5)c(F)c4)c(F)c3)CC2)c(F)c1. The van der Waals surface area contributed by atoms with Gasteiger partial charge < -0.3 is 9.47 Å². The number of rotatable bonds is 11. The molecule has 0 atom stereocenters. The third-order valence-corrected chi connectivity index (χ3v) is 8.23. The van der Waals surface area contributed by atoms with Gasteiger partial charge in [0, 0.05) is 11.1 Å². The molecule has 0 amide bonds. The quantitative estimate of drug-likeness (QED) is 0.119. The first kappa shape index (κ1) is 33.2. The van der Waals surface area contributed by atoms with Gasteiger partial charge in [0.15, 0.2) is 17.4 Å². The number of hydrogen-bond acceptors (Lipinski definition) is 2. The molecule has 0 bridgehead atoms. The Hall–Kier alpha value is -4.18. The summed E-state index contributed by atoms with van der Waals surface area (Å²) in [5.74, 6) is -5.99. The fraction of sp³-hybridized carbons (Fsp3) is 0.278. The Balaban J connectivity index is 1.23. The molecule has 0 N–H and O–H groups in total. The molecule has 46 heavy (non-hydrogen) atoms. The van der Waals surface area contributed by atoms with Gasteiger partial charge in [-0.05, 0) is 103 Å². The van der Waals surface area contributed by atoms with Crippen molar-refractivity contribution in [2.24, 2.45) is 0 Å². The molecule has 0 unspecified atom stereocenters. The molecule has 4 aromatic carbocycles. The van der Waals surface area contributed by atoms with E-state index in [1.807, 2.05) is 0 Å². The van der Waals surface area contributed by atoms with Crippen molar-refractivity contribution in [1.29, 1.82) is 0 Å². The van der Waals surface area contributed by atoms with E-state index in [4.69, 9.17) is 4.74 Å². The predicted octanol–water partition coefficient (Wildman–Crippen LogP) is 10.9. The van der Waals surface area contributed by atoms with Crippen LogP contribution in [0, 0.1) is 29.1 Å². The number of ether oxygens (including phenoxy) is 2. The van der Waals surface area contributed by atoms with Gasteiger partial charge in [-0.1, -0.05) is 36.4 Å². The molecule has 1 aliphatic carbocycles. The molecule has 2 nitrogen and oxygen atoms in total. The van der Waals surface area contributed by atoms with Crippen molar-refractivity contribution in [2.75, 3.05) is 6.86 Å². The van der Waals surface area contributed by atoms with Crippen molar-refractivity contribution in [3.8, 4) is 28.0 Å². The molecule has 0 aliphatic heterocycles. The first-order valence-corrected chi connectivity index (χ1v) is 14.7. The summed E-state index contributed by atoms with van der Waals surface area (Å²) in [4.78, 5) is 0. The highest BCUT2D eigenvalue weighted by molar-refractivity contribution is 5.72. The molecule has 1 saturated carbocycles. The van der Waals surface area contributed by atoms with Crippen LogP contribution in [0.1, 0.15) is 54.7 Å². The van der Waals surface area contributed by atoms with Gasteiger partial charge in [0.1, 0.15) is 17.5 Å². The van der Waals surface area contributed by atoms with Gasteiger partial charge in [-0.25, -0.2) is 26.3 Å². The van der Waals surface area contributed by atoms with Crippen molar-refractivity contribution in [2.45, 2.75) is 56.7 Å². The number of halogens is 8. The molecule has 1 fully saturated rings. The summed E-state index contributed by atoms with van der Waals surface area (Å²) < 4.78 is 125. The van der Waals surface area contributed by atoms with E-state index in [0.717, 1.165) is 30.3 Å². The van der Waals surface area contributed by atoms with E-state index in [0.29, 0.717) is 36.8 Å². The second-order valence-electron chi connectivity index (χ2n) is 11.2. The van der Waals surface area contributed by atoms with Crippen LogP contribution in [0.4, 0.5) is 35.1 Å². The van der Waals surface area contributed by atoms with E-state index < -0.39 is 59.5 Å². The fourth-order valence-corrected chi connectivity index (χ4v) is 5.85. The van der Waals surface area contributed by atoms with E-state index in [1.165, 1.54) is 30.3 Å². The lowest BCUT2D eigenvalue weighted by molar-refractivity contribution is -0.278. The van der Waals surface area contributed by atoms with E-state index in [1.54, 1.807) is 12.1 Å². The predicted molar refractivity (Wildman–Crippen MR) is 159 cm³/mol. The van der Waals surface area contributed by atoms with Gasteiger partial charge in [0.2, 0.25) is 6.86 Å². The highest BCUT2D eigenvalue weighted by Gasteiger charge is 2.40. The molecule has 0 spiro atoms. The Morgan fingerprint density at radius 2 is 1.35 bits per heavy atom. The summed E-state index contributed by atoms with van der Waals surface area (Å²) in [7, 11) is 0. The van der Waals surface area contributed by atoms with Crippen molar-refractivity contribution in [3.63, 3.8) is 0 Å². The Kier molecular flexibility index (Phi) is 10.2. The van der Waals surface area contributed by atoms with Crippen LogP contribution in [0.15, 0.2) is 79.4 Å². The third kappa shape index (κ3) is 7.28. The fourth-order valence-electron chi connectivity index (χ4n) is 5.85. The summed E-state index contributed by atoms with van der Waals surface area (Å²) in [6.07, 6.45) is -0.482. The number of aryl methyl sites for hydroxylation is 1. The largest absolute Gasteiger partial charge is 0.457 e. The minimum absolute atomic E-state index is 0.0902. The van der Waals surface area contributed by atoms with Crippen molar-refractivity contribution >= 4 is 0 Å². The normalized spacial score (nSPS) is 16.8. The van der Waals surface area contributed by atoms with Crippen LogP contribution < -0.4 is 4.74 Å². The van der Waals surface area contributed by atoms with Gasteiger partial charge in [-0.3, -0.25) is 0 Å².